The average molecular weight is 1080 g/mol. The number of hydrogen-bond donors (Lipinski definition) is 7. The van der Waals surface area contributed by atoms with Gasteiger partial charge in [0, 0.05) is 54.0 Å². The number of esters is 2. The summed E-state index contributed by atoms with van der Waals surface area (Å²) in [5.41, 5.74) is 2.09. The van der Waals surface area contributed by atoms with Crippen LogP contribution in [0.3, 0.4) is 0 Å². The number of halogens is 3. The van der Waals surface area contributed by atoms with Gasteiger partial charge in [-0.3, -0.25) is 9.59 Å². The minimum atomic E-state index is -1.22. The molecule has 1 fully saturated rings. The zero-order valence-corrected chi connectivity index (χ0v) is 45.2. The first-order valence-corrected chi connectivity index (χ1v) is 26.5. The largest absolute Gasteiger partial charge is 0.496 e. The number of methoxy groups -OCH3 is 1. The molecular weight excluding hydrogens is 995 g/mol. The van der Waals surface area contributed by atoms with Crippen molar-refractivity contribution in [3.8, 4) is 0 Å². The first-order chi connectivity index (χ1) is 32.5. The Morgan fingerprint density at radius 2 is 1.61 bits per heavy atom. The zero-order valence-electron chi connectivity index (χ0n) is 42.1. The van der Waals surface area contributed by atoms with E-state index in [1.165, 1.54) is 12.6 Å². The number of hydrogen-bond acceptors (Lipinski definition) is 13. The van der Waals surface area contributed by atoms with Gasteiger partial charge in [-0.05, 0) is 76.4 Å². The van der Waals surface area contributed by atoms with Gasteiger partial charge in [0.15, 0.2) is 0 Å². The highest BCUT2D eigenvalue weighted by Crippen LogP contribution is 2.36. The highest BCUT2D eigenvalue weighted by Gasteiger charge is 2.43. The van der Waals surface area contributed by atoms with Crippen LogP contribution in [0.2, 0.25) is 0 Å². The lowest BCUT2D eigenvalue weighted by Gasteiger charge is -2.38. The summed E-state index contributed by atoms with van der Waals surface area (Å²) in [5.74, 6) is -1.27. The third-order valence-electron chi connectivity index (χ3n) is 13.5. The second kappa shape index (κ2) is 32.9. The molecule has 0 aliphatic carbocycles. The summed E-state index contributed by atoms with van der Waals surface area (Å²) in [5, 5.41) is 78.7. The van der Waals surface area contributed by atoms with Crippen molar-refractivity contribution in [1.29, 1.82) is 0 Å². The molecule has 69 heavy (non-hydrogen) atoms. The number of fused-ring (bicyclic) bond motifs is 2. The lowest BCUT2D eigenvalue weighted by atomic mass is 9.75. The van der Waals surface area contributed by atoms with Crippen molar-refractivity contribution in [3.05, 3.63) is 68.9 Å². The summed E-state index contributed by atoms with van der Waals surface area (Å²) in [6, 6.07) is 0. The van der Waals surface area contributed by atoms with Crippen molar-refractivity contribution in [2.75, 3.05) is 7.11 Å². The average Bonchev–Trinajstić information content (AvgIpc) is 3.65. The molecule has 396 valence electrons. The second-order valence-corrected chi connectivity index (χ2v) is 21.4. The molecule has 7 unspecified atom stereocenters. The Morgan fingerprint density at radius 1 is 0.971 bits per heavy atom. The molecule has 7 N–H and O–H groups in total. The van der Waals surface area contributed by atoms with E-state index in [1.54, 1.807) is 57.8 Å². The molecule has 13 nitrogen and oxygen atoms in total. The van der Waals surface area contributed by atoms with E-state index >= 15 is 0 Å². The maximum absolute atomic E-state index is 13.1. The standard InChI is InChI=1S/C53H85BrCl2O13/c1-33-20-39(57)22-34(2)23-41-29-46(69-51(65)27-40(58)21-33)52(68-41)45(61)24-35(3)25-48(62)53(6,7)49(63)30-44(60)37(5)43(59)28-42(26-36(4)47(31-54)66-8)67-50(64)19-17-15-13-11-9-10-12-14-16-18-38(56)32-55/h16,18,21,24,31-32,34,37,39-46,48-49,52,57-63H,4,9-15,17,19-20,22-23,25-30H2,1-3,5-8H3/b18-16+,33-21+,35-24+,38-32+,47-31-/t34-,37?,39+,40?,41-,42?,43?,44?,45+,46+,48?,49?,52+/m1/s1. The van der Waals surface area contributed by atoms with E-state index in [4.69, 9.17) is 42.1 Å². The van der Waals surface area contributed by atoms with Gasteiger partial charge in [-0.15, -0.1) is 0 Å². The fourth-order valence-corrected chi connectivity index (χ4v) is 9.75. The van der Waals surface area contributed by atoms with Crippen LogP contribution >= 0.6 is 39.1 Å². The number of aliphatic hydroxyl groups is 7. The van der Waals surface area contributed by atoms with Crippen molar-refractivity contribution in [2.45, 2.75) is 224 Å². The number of carbonyl (C=O) groups is 2. The Hall–Kier alpha value is -2.08. The van der Waals surface area contributed by atoms with Crippen molar-refractivity contribution < 1.29 is 64.3 Å². The Kier molecular flexibility index (Phi) is 30.0. The van der Waals surface area contributed by atoms with Gasteiger partial charge in [-0.1, -0.05) is 135 Å². The van der Waals surface area contributed by atoms with Crippen molar-refractivity contribution >= 4 is 51.1 Å². The van der Waals surface area contributed by atoms with Crippen molar-refractivity contribution in [1.82, 2.24) is 0 Å². The molecule has 1 saturated heterocycles. The minimum absolute atomic E-state index is 0.00703. The molecular formula is C53H85BrCl2O13. The number of rotatable bonds is 28. The third-order valence-corrected chi connectivity index (χ3v) is 14.5. The van der Waals surface area contributed by atoms with E-state index in [-0.39, 0.29) is 50.5 Å². The number of carbonyl (C=O) groups excluding carboxylic acids is 2. The van der Waals surface area contributed by atoms with Crippen LogP contribution in [0.4, 0.5) is 0 Å². The molecule has 0 spiro atoms. The fourth-order valence-electron chi connectivity index (χ4n) is 9.07. The maximum Gasteiger partial charge on any atom is 0.309 e. The van der Waals surface area contributed by atoms with Crippen LogP contribution in [-0.2, 0) is 28.5 Å². The van der Waals surface area contributed by atoms with Gasteiger partial charge in [0.25, 0.3) is 0 Å². The highest BCUT2D eigenvalue weighted by atomic mass is 79.9. The monoisotopic (exact) mass is 1080 g/mol. The predicted octanol–water partition coefficient (Wildman–Crippen LogP) is 9.64. The maximum atomic E-state index is 13.1. The molecule has 0 aromatic rings. The van der Waals surface area contributed by atoms with E-state index in [0.29, 0.717) is 54.0 Å². The molecule has 0 aromatic carbocycles. The van der Waals surface area contributed by atoms with Crippen LogP contribution in [0.1, 0.15) is 157 Å². The highest BCUT2D eigenvalue weighted by molar-refractivity contribution is 9.11. The van der Waals surface area contributed by atoms with Crippen LogP contribution in [-0.4, -0.2) is 122 Å². The molecule has 0 aromatic heterocycles. The number of allylic oxidation sites excluding steroid dienone is 4. The van der Waals surface area contributed by atoms with Gasteiger partial charge in [0.1, 0.15) is 30.2 Å². The molecule has 0 saturated carbocycles. The summed E-state index contributed by atoms with van der Waals surface area (Å²) in [6.07, 6.45) is 6.07. The lowest BCUT2D eigenvalue weighted by Crippen LogP contribution is -2.44. The van der Waals surface area contributed by atoms with E-state index in [1.807, 2.05) is 13.0 Å². The quantitative estimate of drug-likeness (QED) is 0.0128. The minimum Gasteiger partial charge on any atom is -0.496 e. The fraction of sp³-hybridized carbons (Fsp3) is 0.736. The van der Waals surface area contributed by atoms with Crippen LogP contribution in [0, 0.1) is 17.3 Å². The smallest absolute Gasteiger partial charge is 0.309 e. The van der Waals surface area contributed by atoms with Crippen LogP contribution < -0.4 is 0 Å². The Bertz CT molecular complexity index is 1710. The Labute approximate surface area is 430 Å². The third kappa shape index (κ3) is 24.0. The molecule has 2 heterocycles. The second-order valence-electron chi connectivity index (χ2n) is 20.2. The summed E-state index contributed by atoms with van der Waals surface area (Å²) in [7, 11) is 1.49. The molecule has 16 heteroatoms. The van der Waals surface area contributed by atoms with Gasteiger partial charge in [-0.25, -0.2) is 0 Å². The first-order valence-electron chi connectivity index (χ1n) is 24.8. The van der Waals surface area contributed by atoms with Gasteiger partial charge in [0.05, 0.1) is 61.3 Å². The number of unbranched alkanes of at least 4 members (excludes halogenated alkanes) is 7. The van der Waals surface area contributed by atoms with E-state index in [0.717, 1.165) is 50.5 Å². The summed E-state index contributed by atoms with van der Waals surface area (Å²) in [6.45, 7) is 14.6. The summed E-state index contributed by atoms with van der Waals surface area (Å²) in [4.78, 5) is 27.5. The van der Waals surface area contributed by atoms with E-state index in [9.17, 15) is 45.3 Å². The molecule has 13 atom stereocenters. The lowest BCUT2D eigenvalue weighted by molar-refractivity contribution is -0.156. The zero-order chi connectivity index (χ0) is 51.8. The van der Waals surface area contributed by atoms with Crippen molar-refractivity contribution in [2.24, 2.45) is 17.3 Å². The van der Waals surface area contributed by atoms with Crippen LogP contribution in [0.15, 0.2) is 68.9 Å². The van der Waals surface area contributed by atoms with Crippen LogP contribution in [0.5, 0.6) is 0 Å². The summed E-state index contributed by atoms with van der Waals surface area (Å²) < 4.78 is 23.3. The Balaban J connectivity index is 2.00. The van der Waals surface area contributed by atoms with Crippen LogP contribution in [0.25, 0.3) is 0 Å². The Morgan fingerprint density at radius 3 is 2.25 bits per heavy atom. The summed E-state index contributed by atoms with van der Waals surface area (Å²) >= 11 is 14.7. The number of aliphatic hydroxyl groups excluding tert-OH is 7. The van der Waals surface area contributed by atoms with E-state index < -0.39 is 84.3 Å². The topological polar surface area (TPSA) is 213 Å². The van der Waals surface area contributed by atoms with Gasteiger partial charge < -0.3 is 54.7 Å². The molecule has 2 bridgehead atoms. The van der Waals surface area contributed by atoms with Gasteiger partial charge >= 0.3 is 11.9 Å². The normalized spacial score (nSPS) is 26.5. The van der Waals surface area contributed by atoms with E-state index in [2.05, 4.69) is 22.5 Å². The SMILES string of the molecule is C=C(CC(CC(O)C(C)C(O)CC(O)C(C)(C)C(O)C/C(C)=C/[C@H](O)[C@@H]1O[C@@H]2C[C@H](C)C[C@@H](O)C/C(C)=C/C(O)CC(=O)O[C@H]1C2)OC(=O)CCCCCCCCC/C=C/C(Cl)=C\Cl)/C(=C/Br)OC. The number of ether oxygens (including phenoxy) is 4. The predicted molar refractivity (Wildman–Crippen MR) is 275 cm³/mol. The van der Waals surface area contributed by atoms with Gasteiger partial charge in [0.2, 0.25) is 0 Å². The molecule has 0 radical (unpaired) electrons. The molecule has 0 amide bonds. The molecule has 2 rings (SSSR count). The molecule has 2 aliphatic rings. The first kappa shape index (κ1) is 63.0. The molecule has 2 aliphatic heterocycles. The van der Waals surface area contributed by atoms with Gasteiger partial charge in [-0.2, -0.15) is 0 Å². The van der Waals surface area contributed by atoms with Crippen molar-refractivity contribution in [3.63, 3.8) is 0 Å².